The van der Waals surface area contributed by atoms with Crippen LogP contribution in [-0.2, 0) is 0 Å². The number of aromatic nitrogens is 3. The van der Waals surface area contributed by atoms with Crippen molar-refractivity contribution in [3.63, 3.8) is 0 Å². The molecule has 3 aromatic carbocycles. The lowest BCUT2D eigenvalue weighted by molar-refractivity contribution is 0.626. The minimum absolute atomic E-state index is 0.268. The molecule has 0 fully saturated rings. The summed E-state index contributed by atoms with van der Waals surface area (Å²) in [5.41, 5.74) is 2.42. The third-order valence-corrected chi connectivity index (χ3v) is 3.33. The summed E-state index contributed by atoms with van der Waals surface area (Å²) in [5, 5.41) is 11.2. The number of fused-ring (bicyclic) bond motifs is 3. The molecule has 1 heterocycles. The van der Waals surface area contributed by atoms with Crippen molar-refractivity contribution in [2.45, 2.75) is 0 Å². The first-order valence-electron chi connectivity index (χ1n) is 6.32. The van der Waals surface area contributed by atoms with Crippen LogP contribution in [0, 0.1) is 5.82 Å². The lowest BCUT2D eigenvalue weighted by Gasteiger charge is -1.97. The summed E-state index contributed by atoms with van der Waals surface area (Å²) in [5.74, 6) is -0.268. The molecule has 0 aliphatic rings. The summed E-state index contributed by atoms with van der Waals surface area (Å²) in [6.45, 7) is 0. The first kappa shape index (κ1) is 11.1. The fourth-order valence-electron chi connectivity index (χ4n) is 2.34. The van der Waals surface area contributed by atoms with Gasteiger partial charge in [-0.1, -0.05) is 30.3 Å². The molecule has 96 valence electrons. The normalized spacial score (nSPS) is 11.2. The van der Waals surface area contributed by atoms with E-state index in [0.717, 1.165) is 27.5 Å². The third-order valence-electron chi connectivity index (χ3n) is 3.33. The highest BCUT2D eigenvalue weighted by Crippen LogP contribution is 2.23. The molecule has 0 aliphatic carbocycles. The zero-order valence-electron chi connectivity index (χ0n) is 10.5. The molecule has 3 nitrogen and oxygen atoms in total. The van der Waals surface area contributed by atoms with Crippen LogP contribution in [0.1, 0.15) is 0 Å². The summed E-state index contributed by atoms with van der Waals surface area (Å²) in [6.07, 6.45) is 0. The van der Waals surface area contributed by atoms with Crippen LogP contribution in [0.5, 0.6) is 0 Å². The highest BCUT2D eigenvalue weighted by Gasteiger charge is 2.07. The van der Waals surface area contributed by atoms with E-state index in [4.69, 9.17) is 0 Å². The highest BCUT2D eigenvalue weighted by molar-refractivity contribution is 6.03. The van der Waals surface area contributed by atoms with Gasteiger partial charge in [-0.2, -0.15) is 4.80 Å². The molecule has 4 aromatic rings. The largest absolute Gasteiger partial charge is 0.207 e. The van der Waals surface area contributed by atoms with Crippen molar-refractivity contribution in [1.29, 1.82) is 0 Å². The highest BCUT2D eigenvalue weighted by atomic mass is 19.1. The average molecular weight is 263 g/mol. The lowest BCUT2D eigenvalue weighted by Crippen LogP contribution is -1.98. The van der Waals surface area contributed by atoms with Crippen molar-refractivity contribution in [3.05, 3.63) is 66.5 Å². The first-order valence-corrected chi connectivity index (χ1v) is 6.32. The molecule has 4 rings (SSSR count). The predicted molar refractivity (Wildman–Crippen MR) is 76.3 cm³/mol. The third kappa shape index (κ3) is 1.66. The maximum absolute atomic E-state index is 13.0. The van der Waals surface area contributed by atoms with Gasteiger partial charge in [0.2, 0.25) is 0 Å². The van der Waals surface area contributed by atoms with Gasteiger partial charge in [-0.15, -0.1) is 10.2 Å². The van der Waals surface area contributed by atoms with Gasteiger partial charge in [-0.05, 0) is 35.7 Å². The van der Waals surface area contributed by atoms with Crippen LogP contribution in [0.3, 0.4) is 0 Å². The second-order valence-electron chi connectivity index (χ2n) is 4.62. The van der Waals surface area contributed by atoms with Crippen molar-refractivity contribution in [3.8, 4) is 5.69 Å². The zero-order valence-corrected chi connectivity index (χ0v) is 10.5. The van der Waals surface area contributed by atoms with E-state index < -0.39 is 0 Å². The molecule has 0 spiro atoms. The summed E-state index contributed by atoms with van der Waals surface area (Å²) in [4.78, 5) is 1.54. The summed E-state index contributed by atoms with van der Waals surface area (Å²) in [6, 6.07) is 18.2. The standard InChI is InChI=1S/C16H10FN3/c17-12-6-8-13(9-7-12)20-18-15-10-5-11-3-1-2-4-14(11)16(15)19-20/h1-10H. The zero-order chi connectivity index (χ0) is 13.5. The molecule has 20 heavy (non-hydrogen) atoms. The summed E-state index contributed by atoms with van der Waals surface area (Å²) in [7, 11) is 0. The second-order valence-corrected chi connectivity index (χ2v) is 4.62. The van der Waals surface area contributed by atoms with Crippen LogP contribution in [0.2, 0.25) is 0 Å². The van der Waals surface area contributed by atoms with Crippen LogP contribution in [0.4, 0.5) is 4.39 Å². The van der Waals surface area contributed by atoms with Gasteiger partial charge in [0.25, 0.3) is 0 Å². The van der Waals surface area contributed by atoms with Crippen molar-refractivity contribution < 1.29 is 4.39 Å². The van der Waals surface area contributed by atoms with Gasteiger partial charge >= 0.3 is 0 Å². The van der Waals surface area contributed by atoms with E-state index in [1.807, 2.05) is 36.4 Å². The maximum atomic E-state index is 13.0. The van der Waals surface area contributed by atoms with Crippen molar-refractivity contribution in [1.82, 2.24) is 15.0 Å². The van der Waals surface area contributed by atoms with Crippen LogP contribution >= 0.6 is 0 Å². The van der Waals surface area contributed by atoms with Gasteiger partial charge < -0.3 is 0 Å². The number of hydrogen-bond donors (Lipinski definition) is 0. The molecule has 0 N–H and O–H groups in total. The number of halogens is 1. The van der Waals surface area contributed by atoms with Crippen molar-refractivity contribution in [2.24, 2.45) is 0 Å². The Morgan fingerprint density at radius 3 is 2.45 bits per heavy atom. The molecule has 0 radical (unpaired) electrons. The number of nitrogens with zero attached hydrogens (tertiary/aromatic N) is 3. The van der Waals surface area contributed by atoms with Gasteiger partial charge in [0.05, 0.1) is 5.69 Å². The molecular formula is C16H10FN3. The van der Waals surface area contributed by atoms with E-state index in [1.165, 1.54) is 16.9 Å². The fourth-order valence-corrected chi connectivity index (χ4v) is 2.34. The van der Waals surface area contributed by atoms with Gasteiger partial charge in [0.15, 0.2) is 0 Å². The fraction of sp³-hybridized carbons (Fsp3) is 0. The summed E-state index contributed by atoms with van der Waals surface area (Å²) < 4.78 is 13.0. The van der Waals surface area contributed by atoms with E-state index in [-0.39, 0.29) is 5.82 Å². The molecule has 0 aliphatic heterocycles. The maximum Gasteiger partial charge on any atom is 0.123 e. The smallest absolute Gasteiger partial charge is 0.123 e. The monoisotopic (exact) mass is 263 g/mol. The average Bonchev–Trinajstić information content (AvgIpc) is 2.92. The minimum Gasteiger partial charge on any atom is -0.207 e. The number of rotatable bonds is 1. The Bertz CT molecular complexity index is 910. The van der Waals surface area contributed by atoms with E-state index in [2.05, 4.69) is 10.2 Å². The Balaban J connectivity index is 1.98. The second kappa shape index (κ2) is 4.13. The van der Waals surface area contributed by atoms with Crippen molar-refractivity contribution in [2.75, 3.05) is 0 Å². The molecule has 0 atom stereocenters. The van der Waals surface area contributed by atoms with E-state index >= 15 is 0 Å². The Kier molecular flexibility index (Phi) is 2.29. The van der Waals surface area contributed by atoms with Gasteiger partial charge in [-0.3, -0.25) is 0 Å². The van der Waals surface area contributed by atoms with Gasteiger partial charge in [-0.25, -0.2) is 4.39 Å². The molecule has 0 amide bonds. The van der Waals surface area contributed by atoms with Crippen LogP contribution < -0.4 is 0 Å². The molecule has 0 unspecified atom stereocenters. The molecular weight excluding hydrogens is 253 g/mol. The quantitative estimate of drug-likeness (QED) is 0.524. The molecule has 0 saturated carbocycles. The Labute approximate surface area is 114 Å². The van der Waals surface area contributed by atoms with Gasteiger partial charge in [0, 0.05) is 5.39 Å². The number of hydrogen-bond acceptors (Lipinski definition) is 2. The Morgan fingerprint density at radius 2 is 1.60 bits per heavy atom. The SMILES string of the molecule is Fc1ccc(-n2nc3ccc4ccccc4c3n2)cc1. The topological polar surface area (TPSA) is 30.7 Å². The van der Waals surface area contributed by atoms with Crippen LogP contribution in [-0.4, -0.2) is 15.0 Å². The number of benzene rings is 3. The van der Waals surface area contributed by atoms with Crippen LogP contribution in [0.25, 0.3) is 27.5 Å². The van der Waals surface area contributed by atoms with Crippen molar-refractivity contribution >= 4 is 21.8 Å². The molecule has 1 aromatic heterocycles. The molecule has 0 bridgehead atoms. The lowest BCUT2D eigenvalue weighted by atomic mass is 10.1. The molecule has 4 heteroatoms. The Hall–Kier alpha value is -2.75. The molecule has 0 saturated heterocycles. The van der Waals surface area contributed by atoms with E-state index in [9.17, 15) is 4.39 Å². The van der Waals surface area contributed by atoms with E-state index in [1.54, 1.807) is 12.1 Å². The van der Waals surface area contributed by atoms with Gasteiger partial charge in [0.1, 0.15) is 16.9 Å². The summed E-state index contributed by atoms with van der Waals surface area (Å²) >= 11 is 0. The predicted octanol–water partition coefficient (Wildman–Crippen LogP) is 3.71. The van der Waals surface area contributed by atoms with Crippen LogP contribution in [0.15, 0.2) is 60.7 Å². The minimum atomic E-state index is -0.268. The van der Waals surface area contributed by atoms with E-state index in [0.29, 0.717) is 0 Å². The first-order chi connectivity index (χ1) is 9.81. The Morgan fingerprint density at radius 1 is 0.800 bits per heavy atom.